The number of hydrogen-bond acceptors (Lipinski definition) is 2. The van der Waals surface area contributed by atoms with Crippen LogP contribution in [0, 0.1) is 11.8 Å². The molecule has 0 aromatic carbocycles. The van der Waals surface area contributed by atoms with Gasteiger partial charge in [0.25, 0.3) is 0 Å². The minimum absolute atomic E-state index is 0.00463. The average Bonchev–Trinajstić information content (AvgIpc) is 1.88. The lowest BCUT2D eigenvalue weighted by Crippen LogP contribution is -2.26. The molecule has 2 heteroatoms. The van der Waals surface area contributed by atoms with Gasteiger partial charge in [-0.3, -0.25) is 0 Å². The normalized spacial score (nSPS) is 16.9. The summed E-state index contributed by atoms with van der Waals surface area (Å²) in [5.41, 5.74) is 0. The van der Waals surface area contributed by atoms with E-state index in [2.05, 4.69) is 0 Å². The van der Waals surface area contributed by atoms with E-state index in [0.717, 1.165) is 6.29 Å². The summed E-state index contributed by atoms with van der Waals surface area (Å²) < 4.78 is 5.13. The van der Waals surface area contributed by atoms with Crippen LogP contribution in [-0.2, 0) is 9.53 Å². The first-order chi connectivity index (χ1) is 4.63. The standard InChI is InChI=1S/C8H16O2/c1-6(2)8(10-4)7(3)5-9/h5-8H,1-4H3/t7-,8+/m0/s1. The molecule has 2 atom stereocenters. The summed E-state index contributed by atoms with van der Waals surface area (Å²) >= 11 is 0. The maximum atomic E-state index is 10.3. The molecular weight excluding hydrogens is 128 g/mol. The van der Waals surface area contributed by atoms with Crippen LogP contribution in [0.25, 0.3) is 0 Å². The van der Waals surface area contributed by atoms with E-state index < -0.39 is 0 Å². The third-order valence-corrected chi connectivity index (χ3v) is 1.66. The Labute approximate surface area is 62.6 Å². The Morgan fingerprint density at radius 2 is 1.80 bits per heavy atom. The van der Waals surface area contributed by atoms with Gasteiger partial charge >= 0.3 is 0 Å². The molecule has 0 radical (unpaired) electrons. The van der Waals surface area contributed by atoms with Crippen molar-refractivity contribution in [2.75, 3.05) is 7.11 Å². The second-order valence-electron chi connectivity index (χ2n) is 2.94. The summed E-state index contributed by atoms with van der Waals surface area (Å²) in [6, 6.07) is 0. The quantitative estimate of drug-likeness (QED) is 0.559. The molecule has 0 spiro atoms. The van der Waals surface area contributed by atoms with Gasteiger partial charge in [-0.25, -0.2) is 0 Å². The SMILES string of the molecule is CO[C@H](C(C)C)[C@@H](C)C=O. The Hall–Kier alpha value is -0.370. The van der Waals surface area contributed by atoms with Crippen LogP contribution in [0.4, 0.5) is 0 Å². The largest absolute Gasteiger partial charge is 0.380 e. The van der Waals surface area contributed by atoms with E-state index in [-0.39, 0.29) is 12.0 Å². The van der Waals surface area contributed by atoms with E-state index in [1.54, 1.807) is 7.11 Å². The van der Waals surface area contributed by atoms with E-state index in [1.807, 2.05) is 20.8 Å². The number of ether oxygens (including phenoxy) is 1. The molecule has 0 fully saturated rings. The fourth-order valence-electron chi connectivity index (χ4n) is 1.17. The first-order valence-corrected chi connectivity index (χ1v) is 3.61. The Bertz CT molecular complexity index is 99.4. The number of rotatable bonds is 4. The van der Waals surface area contributed by atoms with E-state index in [0.29, 0.717) is 5.92 Å². The third kappa shape index (κ3) is 2.48. The van der Waals surface area contributed by atoms with Crippen LogP contribution in [0.15, 0.2) is 0 Å². The molecule has 2 nitrogen and oxygen atoms in total. The van der Waals surface area contributed by atoms with Gasteiger partial charge in [-0.05, 0) is 5.92 Å². The van der Waals surface area contributed by atoms with Gasteiger partial charge in [0.15, 0.2) is 0 Å². The fraction of sp³-hybridized carbons (Fsp3) is 0.875. The van der Waals surface area contributed by atoms with Crippen LogP contribution in [0.1, 0.15) is 20.8 Å². The predicted octanol–water partition coefficient (Wildman–Crippen LogP) is 1.49. The molecule has 0 saturated carbocycles. The van der Waals surface area contributed by atoms with Crippen LogP contribution in [0.5, 0.6) is 0 Å². The lowest BCUT2D eigenvalue weighted by Gasteiger charge is -2.21. The zero-order valence-electron chi connectivity index (χ0n) is 7.13. The van der Waals surface area contributed by atoms with Crippen molar-refractivity contribution in [3.8, 4) is 0 Å². The Balaban J connectivity index is 3.92. The van der Waals surface area contributed by atoms with Gasteiger partial charge < -0.3 is 9.53 Å². The van der Waals surface area contributed by atoms with Crippen molar-refractivity contribution in [3.63, 3.8) is 0 Å². The number of hydrogen-bond donors (Lipinski definition) is 0. The van der Waals surface area contributed by atoms with Crippen molar-refractivity contribution in [2.24, 2.45) is 11.8 Å². The highest BCUT2D eigenvalue weighted by molar-refractivity contribution is 5.53. The number of carbonyl (C=O) groups excluding carboxylic acids is 1. The summed E-state index contributed by atoms with van der Waals surface area (Å²) in [6.07, 6.45) is 1.01. The van der Waals surface area contributed by atoms with Crippen molar-refractivity contribution in [1.82, 2.24) is 0 Å². The smallest absolute Gasteiger partial charge is 0.125 e. The number of aldehydes is 1. The van der Waals surface area contributed by atoms with E-state index in [4.69, 9.17) is 4.74 Å². The highest BCUT2D eigenvalue weighted by atomic mass is 16.5. The first kappa shape index (κ1) is 9.63. The average molecular weight is 144 g/mol. The van der Waals surface area contributed by atoms with Crippen molar-refractivity contribution in [2.45, 2.75) is 26.9 Å². The van der Waals surface area contributed by atoms with Gasteiger partial charge in [-0.15, -0.1) is 0 Å². The van der Waals surface area contributed by atoms with Crippen LogP contribution < -0.4 is 0 Å². The topological polar surface area (TPSA) is 26.3 Å². The molecule has 0 saturated heterocycles. The molecule has 0 unspecified atom stereocenters. The molecule has 60 valence electrons. The third-order valence-electron chi connectivity index (χ3n) is 1.66. The van der Waals surface area contributed by atoms with Crippen molar-refractivity contribution in [1.29, 1.82) is 0 Å². The number of methoxy groups -OCH3 is 1. The van der Waals surface area contributed by atoms with E-state index >= 15 is 0 Å². The van der Waals surface area contributed by atoms with Gasteiger partial charge in [0.2, 0.25) is 0 Å². The zero-order valence-corrected chi connectivity index (χ0v) is 7.13. The molecule has 10 heavy (non-hydrogen) atoms. The molecule has 0 N–H and O–H groups in total. The summed E-state index contributed by atoms with van der Waals surface area (Å²) in [4.78, 5) is 10.3. The van der Waals surface area contributed by atoms with Gasteiger partial charge in [0.1, 0.15) is 6.29 Å². The van der Waals surface area contributed by atoms with Crippen LogP contribution in [-0.4, -0.2) is 19.5 Å². The predicted molar refractivity (Wildman–Crippen MR) is 40.9 cm³/mol. The molecule has 0 aliphatic carbocycles. The first-order valence-electron chi connectivity index (χ1n) is 3.61. The molecule has 0 aliphatic heterocycles. The second-order valence-corrected chi connectivity index (χ2v) is 2.94. The molecule has 0 rings (SSSR count). The van der Waals surface area contributed by atoms with Gasteiger partial charge in [0.05, 0.1) is 6.10 Å². The summed E-state index contributed by atoms with van der Waals surface area (Å²) in [7, 11) is 1.64. The van der Waals surface area contributed by atoms with Crippen molar-refractivity contribution < 1.29 is 9.53 Å². The Morgan fingerprint density at radius 3 is 1.90 bits per heavy atom. The number of carbonyl (C=O) groups is 1. The second kappa shape index (κ2) is 4.45. The van der Waals surface area contributed by atoms with Gasteiger partial charge in [-0.1, -0.05) is 20.8 Å². The van der Waals surface area contributed by atoms with Crippen LogP contribution in [0.3, 0.4) is 0 Å². The molecule has 0 aliphatic rings. The molecule has 0 amide bonds. The fourth-order valence-corrected chi connectivity index (χ4v) is 1.17. The maximum absolute atomic E-state index is 10.3. The molecule has 0 bridgehead atoms. The van der Waals surface area contributed by atoms with Gasteiger partial charge in [-0.2, -0.15) is 0 Å². The summed E-state index contributed by atoms with van der Waals surface area (Å²) in [6.45, 7) is 5.98. The molecule has 0 aromatic rings. The lowest BCUT2D eigenvalue weighted by molar-refractivity contribution is -0.115. The van der Waals surface area contributed by atoms with Crippen molar-refractivity contribution >= 4 is 6.29 Å². The molecular formula is C8H16O2. The van der Waals surface area contributed by atoms with Crippen LogP contribution in [0.2, 0.25) is 0 Å². The van der Waals surface area contributed by atoms with Gasteiger partial charge in [0, 0.05) is 13.0 Å². The maximum Gasteiger partial charge on any atom is 0.125 e. The summed E-state index contributed by atoms with van der Waals surface area (Å²) in [5.74, 6) is 0.412. The minimum atomic E-state index is 0.00463. The van der Waals surface area contributed by atoms with Crippen LogP contribution >= 0.6 is 0 Å². The van der Waals surface area contributed by atoms with E-state index in [9.17, 15) is 4.79 Å². The van der Waals surface area contributed by atoms with E-state index in [1.165, 1.54) is 0 Å². The highest BCUT2D eigenvalue weighted by Crippen LogP contribution is 2.13. The Morgan fingerprint density at radius 1 is 1.30 bits per heavy atom. The van der Waals surface area contributed by atoms with Crippen molar-refractivity contribution in [3.05, 3.63) is 0 Å². The minimum Gasteiger partial charge on any atom is -0.380 e. The Kier molecular flexibility index (Phi) is 4.28. The molecule has 0 heterocycles. The summed E-state index contributed by atoms with van der Waals surface area (Å²) in [5, 5.41) is 0. The monoisotopic (exact) mass is 144 g/mol. The zero-order chi connectivity index (χ0) is 8.15. The highest BCUT2D eigenvalue weighted by Gasteiger charge is 2.18. The lowest BCUT2D eigenvalue weighted by atomic mass is 9.96. The molecule has 0 aromatic heterocycles.